The molecular formula is C14H22N4O3. The summed E-state index contributed by atoms with van der Waals surface area (Å²) in [6, 6.07) is -0.324. The quantitative estimate of drug-likeness (QED) is 0.855. The molecular weight excluding hydrogens is 272 g/mol. The third-order valence-electron chi connectivity index (χ3n) is 4.26. The monoisotopic (exact) mass is 294 g/mol. The highest BCUT2D eigenvalue weighted by atomic mass is 16.4. The Morgan fingerprint density at radius 3 is 2.57 bits per heavy atom. The zero-order chi connectivity index (χ0) is 15.7. The molecule has 116 valence electrons. The van der Waals surface area contributed by atoms with Crippen molar-refractivity contribution in [3.8, 4) is 0 Å². The summed E-state index contributed by atoms with van der Waals surface area (Å²) in [5, 5.41) is 8.82. The van der Waals surface area contributed by atoms with E-state index in [-0.39, 0.29) is 18.5 Å². The summed E-state index contributed by atoms with van der Waals surface area (Å²) >= 11 is 0. The van der Waals surface area contributed by atoms with E-state index < -0.39 is 5.97 Å². The number of rotatable bonds is 4. The van der Waals surface area contributed by atoms with Gasteiger partial charge in [0.25, 0.3) is 0 Å². The molecule has 1 aliphatic heterocycles. The predicted molar refractivity (Wildman–Crippen MR) is 76.8 cm³/mol. The van der Waals surface area contributed by atoms with E-state index in [1.807, 2.05) is 37.3 Å². The maximum Gasteiger partial charge on any atom is 0.323 e. The van der Waals surface area contributed by atoms with Gasteiger partial charge in [-0.15, -0.1) is 0 Å². The highest BCUT2D eigenvalue weighted by Gasteiger charge is 2.32. The van der Waals surface area contributed by atoms with Gasteiger partial charge in [-0.1, -0.05) is 0 Å². The lowest BCUT2D eigenvalue weighted by atomic mass is 10.1. The minimum absolute atomic E-state index is 0.133. The van der Waals surface area contributed by atoms with E-state index >= 15 is 0 Å². The molecule has 0 bridgehead atoms. The molecule has 1 aromatic heterocycles. The summed E-state index contributed by atoms with van der Waals surface area (Å²) in [4.78, 5) is 30.9. The van der Waals surface area contributed by atoms with Crippen molar-refractivity contribution in [1.82, 2.24) is 19.4 Å². The molecule has 1 amide bonds. The zero-order valence-electron chi connectivity index (χ0n) is 13.0. The van der Waals surface area contributed by atoms with Gasteiger partial charge >= 0.3 is 5.97 Å². The van der Waals surface area contributed by atoms with Gasteiger partial charge in [-0.25, -0.2) is 4.98 Å². The number of carboxylic acids is 1. The van der Waals surface area contributed by atoms with E-state index in [0.717, 1.165) is 17.2 Å². The summed E-state index contributed by atoms with van der Waals surface area (Å²) in [5.41, 5.74) is 2.12. The van der Waals surface area contributed by atoms with Gasteiger partial charge in [0.05, 0.1) is 18.3 Å². The van der Waals surface area contributed by atoms with Crippen molar-refractivity contribution >= 4 is 11.9 Å². The first kappa shape index (κ1) is 15.5. The van der Waals surface area contributed by atoms with Gasteiger partial charge in [0.2, 0.25) is 5.91 Å². The van der Waals surface area contributed by atoms with Crippen LogP contribution in [0.25, 0.3) is 0 Å². The summed E-state index contributed by atoms with van der Waals surface area (Å²) in [7, 11) is 1.97. The van der Waals surface area contributed by atoms with Crippen LogP contribution >= 0.6 is 0 Å². The minimum atomic E-state index is -0.973. The van der Waals surface area contributed by atoms with Crippen molar-refractivity contribution in [3.63, 3.8) is 0 Å². The molecule has 1 atom stereocenters. The zero-order valence-corrected chi connectivity index (χ0v) is 13.0. The molecule has 7 nitrogen and oxygen atoms in total. The summed E-state index contributed by atoms with van der Waals surface area (Å²) in [5.74, 6) is -0.179. The molecule has 1 saturated heterocycles. The maximum atomic E-state index is 12.2. The number of carbonyl (C=O) groups is 2. The van der Waals surface area contributed by atoms with Crippen molar-refractivity contribution in [2.24, 2.45) is 7.05 Å². The highest BCUT2D eigenvalue weighted by molar-refractivity contribution is 5.85. The van der Waals surface area contributed by atoms with E-state index in [1.165, 1.54) is 4.90 Å². The van der Waals surface area contributed by atoms with Crippen LogP contribution in [-0.4, -0.2) is 62.0 Å². The largest absolute Gasteiger partial charge is 0.480 e. The molecule has 0 aliphatic carbocycles. The Bertz CT molecular complexity index is 567. The van der Waals surface area contributed by atoms with Crippen molar-refractivity contribution in [2.75, 3.05) is 19.6 Å². The van der Waals surface area contributed by atoms with Gasteiger partial charge in [0, 0.05) is 25.8 Å². The average Bonchev–Trinajstić information content (AvgIpc) is 2.65. The number of carbonyl (C=O) groups excluding carboxylic acids is 1. The summed E-state index contributed by atoms with van der Waals surface area (Å²) < 4.78 is 2.04. The van der Waals surface area contributed by atoms with Crippen molar-refractivity contribution < 1.29 is 14.7 Å². The Morgan fingerprint density at radius 2 is 2.05 bits per heavy atom. The van der Waals surface area contributed by atoms with E-state index in [0.29, 0.717) is 19.6 Å². The minimum Gasteiger partial charge on any atom is -0.480 e. The van der Waals surface area contributed by atoms with Crippen LogP contribution in [0.5, 0.6) is 0 Å². The molecule has 1 N–H and O–H groups in total. The maximum absolute atomic E-state index is 12.2. The van der Waals surface area contributed by atoms with Crippen LogP contribution in [0.15, 0.2) is 0 Å². The van der Waals surface area contributed by atoms with Gasteiger partial charge in [0.15, 0.2) is 0 Å². The lowest BCUT2D eigenvalue weighted by Gasteiger charge is -2.38. The first-order valence-corrected chi connectivity index (χ1v) is 7.04. The topological polar surface area (TPSA) is 78.7 Å². The number of carboxylic acid groups (broad SMARTS) is 1. The van der Waals surface area contributed by atoms with E-state index in [1.54, 1.807) is 0 Å². The van der Waals surface area contributed by atoms with Crippen LogP contribution in [0, 0.1) is 13.8 Å². The number of hydrogen-bond acceptors (Lipinski definition) is 4. The molecule has 0 spiro atoms. The number of imidazole rings is 1. The number of aromatic nitrogens is 2. The average molecular weight is 294 g/mol. The molecule has 7 heteroatoms. The van der Waals surface area contributed by atoms with Crippen LogP contribution < -0.4 is 0 Å². The second-order valence-corrected chi connectivity index (χ2v) is 5.56. The Kier molecular flexibility index (Phi) is 4.32. The summed E-state index contributed by atoms with van der Waals surface area (Å²) in [6.07, 6.45) is 0. The number of amides is 1. The predicted octanol–water partition coefficient (Wildman–Crippen LogP) is 0.154. The molecule has 21 heavy (non-hydrogen) atoms. The Hall–Kier alpha value is -1.89. The lowest BCUT2D eigenvalue weighted by Crippen LogP contribution is -2.56. The number of hydrogen-bond donors (Lipinski definition) is 1. The highest BCUT2D eigenvalue weighted by Crippen LogP contribution is 2.16. The van der Waals surface area contributed by atoms with E-state index in [9.17, 15) is 9.59 Å². The van der Waals surface area contributed by atoms with E-state index in [4.69, 9.17) is 5.11 Å². The first-order valence-electron chi connectivity index (χ1n) is 7.04. The molecule has 1 aliphatic rings. The fourth-order valence-electron chi connectivity index (χ4n) is 2.62. The Labute approximate surface area is 124 Å². The second-order valence-electron chi connectivity index (χ2n) is 5.56. The van der Waals surface area contributed by atoms with Gasteiger partial charge in [0.1, 0.15) is 12.4 Å². The molecule has 0 aromatic carbocycles. The third-order valence-corrected chi connectivity index (χ3v) is 4.26. The number of aryl methyl sites for hydroxylation is 1. The Morgan fingerprint density at radius 1 is 1.38 bits per heavy atom. The Balaban J connectivity index is 2.07. The smallest absolute Gasteiger partial charge is 0.323 e. The van der Waals surface area contributed by atoms with Crippen LogP contribution in [0.3, 0.4) is 0 Å². The first-order chi connectivity index (χ1) is 9.81. The fraction of sp³-hybridized carbons (Fsp3) is 0.643. The third kappa shape index (κ3) is 3.07. The summed E-state index contributed by atoms with van der Waals surface area (Å²) in [6.45, 7) is 7.28. The van der Waals surface area contributed by atoms with Crippen LogP contribution in [0.2, 0.25) is 0 Å². The van der Waals surface area contributed by atoms with Crippen LogP contribution in [0.4, 0.5) is 0 Å². The normalized spacial score (nSPS) is 20.1. The lowest BCUT2D eigenvalue weighted by molar-refractivity contribution is -0.150. The van der Waals surface area contributed by atoms with Gasteiger partial charge in [-0.2, -0.15) is 0 Å². The van der Waals surface area contributed by atoms with Crippen molar-refractivity contribution in [2.45, 2.75) is 33.4 Å². The molecule has 0 radical (unpaired) electrons. The van der Waals surface area contributed by atoms with E-state index in [2.05, 4.69) is 4.98 Å². The fourth-order valence-corrected chi connectivity index (χ4v) is 2.62. The molecule has 0 unspecified atom stereocenters. The SMILES string of the molecule is Cc1nc(CN2CCN(CC(=O)O)C(=O)[C@H]2C)n(C)c1C. The number of aliphatic carboxylic acids is 1. The van der Waals surface area contributed by atoms with Crippen LogP contribution in [-0.2, 0) is 23.2 Å². The standard InChI is InChI=1S/C14H22N4O3/c1-9-10(2)16(4)12(15-9)7-17-5-6-18(8-13(19)20)14(21)11(17)3/h11H,5-8H2,1-4H3,(H,19,20)/t11-/m1/s1. The number of piperazine rings is 1. The van der Waals surface area contributed by atoms with Gasteiger partial charge in [-0.3, -0.25) is 14.5 Å². The van der Waals surface area contributed by atoms with Crippen molar-refractivity contribution in [1.29, 1.82) is 0 Å². The molecule has 1 aromatic rings. The molecule has 0 saturated carbocycles. The van der Waals surface area contributed by atoms with Gasteiger partial charge in [-0.05, 0) is 20.8 Å². The molecule has 2 heterocycles. The van der Waals surface area contributed by atoms with Crippen LogP contribution in [0.1, 0.15) is 24.1 Å². The molecule has 2 rings (SSSR count). The second kappa shape index (κ2) is 5.85. The van der Waals surface area contributed by atoms with Crippen molar-refractivity contribution in [3.05, 3.63) is 17.2 Å². The molecule has 1 fully saturated rings. The number of nitrogens with zero attached hydrogens (tertiary/aromatic N) is 4. The van der Waals surface area contributed by atoms with Gasteiger partial charge < -0.3 is 14.6 Å².